The van der Waals surface area contributed by atoms with Crippen molar-refractivity contribution in [3.8, 4) is 44.5 Å². The standard InChI is InChI=1S/C46H30/c1-3-13-31(14-4-1)38-23-11-17-33-18-12-24-39(44(33)38)36-27-25-35-30-37(28-26-34(35)29-36)46-42-21-9-7-19-40(42)45(32-15-5-2-6-16-32)41-20-8-10-22-43(41)46/h1-30H. The molecule has 0 atom stereocenters. The smallest absolute Gasteiger partial charge is 0.00262 e. The van der Waals surface area contributed by atoms with Crippen molar-refractivity contribution in [3.63, 3.8) is 0 Å². The van der Waals surface area contributed by atoms with Crippen molar-refractivity contribution in [2.75, 3.05) is 0 Å². The summed E-state index contributed by atoms with van der Waals surface area (Å²) in [6.45, 7) is 0. The average Bonchev–Trinajstić information content (AvgIpc) is 3.13. The van der Waals surface area contributed by atoms with E-state index in [4.69, 9.17) is 0 Å². The van der Waals surface area contributed by atoms with E-state index < -0.39 is 0 Å². The Hall–Kier alpha value is -5.98. The first kappa shape index (κ1) is 26.4. The molecule has 0 amide bonds. The van der Waals surface area contributed by atoms with Crippen LogP contribution in [-0.4, -0.2) is 0 Å². The van der Waals surface area contributed by atoms with E-state index in [0.29, 0.717) is 0 Å². The molecule has 9 rings (SSSR count). The minimum absolute atomic E-state index is 1.23. The second-order valence-corrected chi connectivity index (χ2v) is 12.1. The molecule has 0 N–H and O–H groups in total. The van der Waals surface area contributed by atoms with Crippen LogP contribution >= 0.6 is 0 Å². The zero-order valence-corrected chi connectivity index (χ0v) is 25.3. The summed E-state index contributed by atoms with van der Waals surface area (Å²) in [7, 11) is 0. The van der Waals surface area contributed by atoms with Crippen LogP contribution in [0.1, 0.15) is 0 Å². The molecule has 0 aliphatic rings. The molecule has 0 radical (unpaired) electrons. The molecule has 0 spiro atoms. The van der Waals surface area contributed by atoms with Gasteiger partial charge in [-0.05, 0) is 99.7 Å². The van der Waals surface area contributed by atoms with E-state index in [-0.39, 0.29) is 0 Å². The van der Waals surface area contributed by atoms with Crippen LogP contribution < -0.4 is 0 Å². The van der Waals surface area contributed by atoms with Gasteiger partial charge < -0.3 is 0 Å². The van der Waals surface area contributed by atoms with E-state index in [1.54, 1.807) is 0 Å². The molecular weight excluding hydrogens is 553 g/mol. The van der Waals surface area contributed by atoms with E-state index in [2.05, 4.69) is 182 Å². The molecule has 46 heavy (non-hydrogen) atoms. The van der Waals surface area contributed by atoms with Crippen molar-refractivity contribution in [2.24, 2.45) is 0 Å². The molecule has 0 fully saturated rings. The van der Waals surface area contributed by atoms with E-state index in [9.17, 15) is 0 Å². The summed E-state index contributed by atoms with van der Waals surface area (Å²) < 4.78 is 0. The first-order chi connectivity index (χ1) is 22.8. The minimum Gasteiger partial charge on any atom is -0.0622 e. The van der Waals surface area contributed by atoms with Gasteiger partial charge in [0.1, 0.15) is 0 Å². The summed E-state index contributed by atoms with van der Waals surface area (Å²) in [6.07, 6.45) is 0. The molecule has 0 heterocycles. The summed E-state index contributed by atoms with van der Waals surface area (Å²) in [5.41, 5.74) is 10.1. The monoisotopic (exact) mass is 582 g/mol. The quantitative estimate of drug-likeness (QED) is 0.181. The van der Waals surface area contributed by atoms with Crippen LogP contribution in [0.5, 0.6) is 0 Å². The minimum atomic E-state index is 1.23. The Kier molecular flexibility index (Phi) is 6.25. The summed E-state index contributed by atoms with van der Waals surface area (Å²) in [4.78, 5) is 0. The summed E-state index contributed by atoms with van der Waals surface area (Å²) in [6, 6.07) is 66.4. The van der Waals surface area contributed by atoms with Gasteiger partial charge in [-0.25, -0.2) is 0 Å². The summed E-state index contributed by atoms with van der Waals surface area (Å²) in [5, 5.41) is 10.2. The molecule has 0 bridgehead atoms. The highest BCUT2D eigenvalue weighted by Gasteiger charge is 2.17. The van der Waals surface area contributed by atoms with Crippen molar-refractivity contribution in [2.45, 2.75) is 0 Å². The number of rotatable bonds is 4. The fourth-order valence-electron chi connectivity index (χ4n) is 7.36. The Balaban J connectivity index is 1.23. The average molecular weight is 583 g/mol. The maximum Gasteiger partial charge on any atom is -0.00262 e. The fraction of sp³-hybridized carbons (Fsp3) is 0. The van der Waals surface area contributed by atoms with E-state index in [1.165, 1.54) is 87.6 Å². The van der Waals surface area contributed by atoms with Gasteiger partial charge in [-0.1, -0.05) is 170 Å². The van der Waals surface area contributed by atoms with E-state index in [0.717, 1.165) is 0 Å². The van der Waals surface area contributed by atoms with E-state index >= 15 is 0 Å². The molecule has 0 aromatic heterocycles. The first-order valence-corrected chi connectivity index (χ1v) is 15.9. The highest BCUT2D eigenvalue weighted by atomic mass is 14.2. The Bertz CT molecular complexity index is 2500. The predicted octanol–water partition coefficient (Wildman–Crippen LogP) is 13.0. The number of benzene rings is 9. The lowest BCUT2D eigenvalue weighted by Gasteiger charge is -2.18. The van der Waals surface area contributed by atoms with Gasteiger partial charge in [-0.3, -0.25) is 0 Å². The highest BCUT2D eigenvalue weighted by Crippen LogP contribution is 2.44. The first-order valence-electron chi connectivity index (χ1n) is 15.9. The van der Waals surface area contributed by atoms with Crippen LogP contribution in [0.4, 0.5) is 0 Å². The molecule has 0 aliphatic heterocycles. The maximum atomic E-state index is 2.37. The molecule has 0 heteroatoms. The Morgan fingerprint density at radius 2 is 0.674 bits per heavy atom. The molecule has 0 aliphatic carbocycles. The van der Waals surface area contributed by atoms with Gasteiger partial charge >= 0.3 is 0 Å². The van der Waals surface area contributed by atoms with Gasteiger partial charge in [0, 0.05) is 0 Å². The third-order valence-electron chi connectivity index (χ3n) is 9.42. The Labute approximate surface area is 268 Å². The van der Waals surface area contributed by atoms with Crippen molar-refractivity contribution in [3.05, 3.63) is 182 Å². The SMILES string of the molecule is c1ccc(-c2c3ccccc3c(-c3ccc4cc(-c5cccc6cccc(-c7ccccc7)c56)ccc4c3)c3ccccc23)cc1. The Morgan fingerprint density at radius 3 is 1.24 bits per heavy atom. The van der Waals surface area contributed by atoms with Crippen LogP contribution in [-0.2, 0) is 0 Å². The summed E-state index contributed by atoms with van der Waals surface area (Å²) >= 11 is 0. The lowest BCUT2D eigenvalue weighted by atomic mass is 9.85. The van der Waals surface area contributed by atoms with Crippen LogP contribution in [0.2, 0.25) is 0 Å². The number of hydrogen-bond donors (Lipinski definition) is 0. The molecule has 0 nitrogen and oxygen atoms in total. The molecule has 0 unspecified atom stereocenters. The molecular formula is C46H30. The van der Waals surface area contributed by atoms with Gasteiger partial charge in [-0.15, -0.1) is 0 Å². The van der Waals surface area contributed by atoms with Gasteiger partial charge in [0.2, 0.25) is 0 Å². The maximum absolute atomic E-state index is 2.37. The molecule has 9 aromatic rings. The van der Waals surface area contributed by atoms with Gasteiger partial charge in [0.05, 0.1) is 0 Å². The molecule has 9 aromatic carbocycles. The molecule has 0 saturated heterocycles. The van der Waals surface area contributed by atoms with E-state index in [1.807, 2.05) is 0 Å². The zero-order chi connectivity index (χ0) is 30.5. The van der Waals surface area contributed by atoms with Crippen LogP contribution in [0.25, 0.3) is 87.6 Å². The largest absolute Gasteiger partial charge is 0.0622 e. The number of fused-ring (bicyclic) bond motifs is 4. The Morgan fingerprint density at radius 1 is 0.239 bits per heavy atom. The third-order valence-corrected chi connectivity index (χ3v) is 9.42. The predicted molar refractivity (Wildman–Crippen MR) is 198 cm³/mol. The van der Waals surface area contributed by atoms with Crippen molar-refractivity contribution in [1.29, 1.82) is 0 Å². The lowest BCUT2D eigenvalue weighted by molar-refractivity contribution is 1.63. The van der Waals surface area contributed by atoms with Crippen molar-refractivity contribution in [1.82, 2.24) is 0 Å². The van der Waals surface area contributed by atoms with Crippen molar-refractivity contribution >= 4 is 43.1 Å². The van der Waals surface area contributed by atoms with Crippen LogP contribution in [0, 0.1) is 0 Å². The van der Waals surface area contributed by atoms with Gasteiger partial charge in [0.25, 0.3) is 0 Å². The van der Waals surface area contributed by atoms with Gasteiger partial charge in [-0.2, -0.15) is 0 Å². The van der Waals surface area contributed by atoms with Crippen LogP contribution in [0.15, 0.2) is 182 Å². The van der Waals surface area contributed by atoms with Gasteiger partial charge in [0.15, 0.2) is 0 Å². The fourth-order valence-corrected chi connectivity index (χ4v) is 7.36. The number of hydrogen-bond acceptors (Lipinski definition) is 0. The van der Waals surface area contributed by atoms with Crippen LogP contribution in [0.3, 0.4) is 0 Å². The topological polar surface area (TPSA) is 0 Å². The zero-order valence-electron chi connectivity index (χ0n) is 25.3. The second kappa shape index (κ2) is 10.9. The third kappa shape index (κ3) is 4.30. The normalized spacial score (nSPS) is 11.5. The molecule has 0 saturated carbocycles. The second-order valence-electron chi connectivity index (χ2n) is 12.1. The van der Waals surface area contributed by atoms with Crippen molar-refractivity contribution < 1.29 is 0 Å². The highest BCUT2D eigenvalue weighted by molar-refractivity contribution is 6.21. The summed E-state index contributed by atoms with van der Waals surface area (Å²) in [5.74, 6) is 0. The molecule has 214 valence electrons. The lowest BCUT2D eigenvalue weighted by Crippen LogP contribution is -1.91.